The van der Waals surface area contributed by atoms with Gasteiger partial charge in [-0.15, -0.1) is 11.6 Å². The van der Waals surface area contributed by atoms with Crippen LogP contribution in [0, 0.1) is 6.92 Å². The number of benzene rings is 1. The second-order valence-corrected chi connectivity index (χ2v) is 4.30. The van der Waals surface area contributed by atoms with Crippen molar-refractivity contribution < 1.29 is 9.21 Å². The summed E-state index contributed by atoms with van der Waals surface area (Å²) in [5.74, 6) is 0.553. The van der Waals surface area contributed by atoms with Crippen molar-refractivity contribution in [3.8, 4) is 0 Å². The van der Waals surface area contributed by atoms with Crippen molar-refractivity contribution in [2.45, 2.75) is 6.92 Å². The standard InChI is InChI=1S/C14H14ClNO2/c1-10-4-5-12-11(8-10)9-13(18-12)14(17)16-7-3-2-6-15/h2-5,8-9H,6-7H2,1H3,(H,16,17)/b3-2+. The van der Waals surface area contributed by atoms with Gasteiger partial charge >= 0.3 is 0 Å². The van der Waals surface area contributed by atoms with Gasteiger partial charge in [0.25, 0.3) is 5.91 Å². The Morgan fingerprint density at radius 3 is 3.00 bits per heavy atom. The molecule has 0 fully saturated rings. The van der Waals surface area contributed by atoms with E-state index >= 15 is 0 Å². The van der Waals surface area contributed by atoms with E-state index in [9.17, 15) is 4.79 Å². The third-order valence-electron chi connectivity index (χ3n) is 2.53. The summed E-state index contributed by atoms with van der Waals surface area (Å²) in [6, 6.07) is 7.57. The molecule has 0 atom stereocenters. The topological polar surface area (TPSA) is 42.2 Å². The molecule has 0 radical (unpaired) electrons. The van der Waals surface area contributed by atoms with Crippen LogP contribution in [0.4, 0.5) is 0 Å². The predicted octanol–water partition coefficient (Wildman–Crippen LogP) is 3.27. The molecule has 1 N–H and O–H groups in total. The van der Waals surface area contributed by atoms with Crippen molar-refractivity contribution in [2.24, 2.45) is 0 Å². The number of hydrogen-bond donors (Lipinski definition) is 1. The third kappa shape index (κ3) is 2.93. The van der Waals surface area contributed by atoms with Gasteiger partial charge in [0.2, 0.25) is 0 Å². The lowest BCUT2D eigenvalue weighted by molar-refractivity contribution is 0.0932. The Hall–Kier alpha value is -1.74. The number of amides is 1. The molecule has 18 heavy (non-hydrogen) atoms. The molecule has 0 bridgehead atoms. The van der Waals surface area contributed by atoms with Crippen LogP contribution in [0.25, 0.3) is 11.0 Å². The average molecular weight is 264 g/mol. The molecule has 1 aromatic carbocycles. The van der Waals surface area contributed by atoms with Crippen LogP contribution in [0.5, 0.6) is 0 Å². The van der Waals surface area contributed by atoms with Crippen molar-refractivity contribution in [1.82, 2.24) is 5.32 Å². The van der Waals surface area contributed by atoms with Gasteiger partial charge < -0.3 is 9.73 Å². The minimum absolute atomic E-state index is 0.219. The van der Waals surface area contributed by atoms with Crippen LogP contribution in [0.1, 0.15) is 16.1 Å². The zero-order valence-corrected chi connectivity index (χ0v) is 10.8. The summed E-state index contributed by atoms with van der Waals surface area (Å²) < 4.78 is 5.48. The molecule has 1 amide bonds. The molecule has 2 aromatic rings. The lowest BCUT2D eigenvalue weighted by atomic mass is 10.2. The highest BCUT2D eigenvalue weighted by molar-refractivity contribution is 6.18. The number of alkyl halides is 1. The largest absolute Gasteiger partial charge is 0.451 e. The highest BCUT2D eigenvalue weighted by Crippen LogP contribution is 2.20. The predicted molar refractivity (Wildman–Crippen MR) is 73.1 cm³/mol. The summed E-state index contributed by atoms with van der Waals surface area (Å²) >= 11 is 5.48. The number of carbonyl (C=O) groups is 1. The minimum atomic E-state index is -0.219. The van der Waals surface area contributed by atoms with Gasteiger partial charge in [-0.2, -0.15) is 0 Å². The fraction of sp³-hybridized carbons (Fsp3) is 0.214. The van der Waals surface area contributed by atoms with Crippen molar-refractivity contribution in [3.05, 3.63) is 47.7 Å². The summed E-state index contributed by atoms with van der Waals surface area (Å²) in [6.07, 6.45) is 3.58. The number of nitrogens with one attached hydrogen (secondary N) is 1. The van der Waals surface area contributed by atoms with Crippen LogP contribution >= 0.6 is 11.6 Å². The van der Waals surface area contributed by atoms with Crippen LogP contribution in [0.3, 0.4) is 0 Å². The van der Waals surface area contributed by atoms with E-state index in [-0.39, 0.29) is 5.91 Å². The maximum atomic E-state index is 11.8. The van der Waals surface area contributed by atoms with E-state index in [2.05, 4.69) is 5.32 Å². The number of halogens is 1. The molecule has 1 heterocycles. The summed E-state index contributed by atoms with van der Waals surface area (Å²) in [4.78, 5) is 11.8. The Balaban J connectivity index is 2.11. The number of fused-ring (bicyclic) bond motifs is 1. The van der Waals surface area contributed by atoms with Crippen LogP contribution in [0.15, 0.2) is 40.8 Å². The smallest absolute Gasteiger partial charge is 0.287 e. The number of rotatable bonds is 4. The van der Waals surface area contributed by atoms with Crippen molar-refractivity contribution in [1.29, 1.82) is 0 Å². The Morgan fingerprint density at radius 1 is 1.39 bits per heavy atom. The van der Waals surface area contributed by atoms with Crippen LogP contribution in [0.2, 0.25) is 0 Å². The molecule has 0 aliphatic rings. The lowest BCUT2D eigenvalue weighted by Gasteiger charge is -1.97. The SMILES string of the molecule is Cc1ccc2oc(C(=O)NC/C=C/CCl)cc2c1. The number of hydrogen-bond acceptors (Lipinski definition) is 2. The molecular formula is C14H14ClNO2. The Kier molecular flexibility index (Phi) is 4.05. The van der Waals surface area contributed by atoms with Crippen molar-refractivity contribution >= 4 is 28.5 Å². The van der Waals surface area contributed by atoms with E-state index in [0.29, 0.717) is 18.2 Å². The molecule has 3 nitrogen and oxygen atoms in total. The number of aryl methyl sites for hydroxylation is 1. The fourth-order valence-electron chi connectivity index (χ4n) is 1.66. The number of allylic oxidation sites excluding steroid dienone is 1. The summed E-state index contributed by atoms with van der Waals surface area (Å²) in [5, 5.41) is 3.67. The third-order valence-corrected chi connectivity index (χ3v) is 2.71. The summed E-state index contributed by atoms with van der Waals surface area (Å²) in [6.45, 7) is 2.45. The monoisotopic (exact) mass is 263 g/mol. The first kappa shape index (κ1) is 12.7. The summed E-state index contributed by atoms with van der Waals surface area (Å²) in [5.41, 5.74) is 1.86. The first-order chi connectivity index (χ1) is 8.70. The highest BCUT2D eigenvalue weighted by atomic mass is 35.5. The summed E-state index contributed by atoms with van der Waals surface area (Å²) in [7, 11) is 0. The maximum Gasteiger partial charge on any atom is 0.287 e. The van der Waals surface area contributed by atoms with Gasteiger partial charge in [-0.05, 0) is 25.1 Å². The van der Waals surface area contributed by atoms with Gasteiger partial charge in [-0.3, -0.25) is 4.79 Å². The second-order valence-electron chi connectivity index (χ2n) is 3.99. The molecular weight excluding hydrogens is 250 g/mol. The van der Waals surface area contributed by atoms with E-state index in [4.69, 9.17) is 16.0 Å². The molecule has 0 spiro atoms. The highest BCUT2D eigenvalue weighted by Gasteiger charge is 2.10. The van der Waals surface area contributed by atoms with Crippen molar-refractivity contribution in [2.75, 3.05) is 12.4 Å². The van der Waals surface area contributed by atoms with Crippen LogP contribution in [-0.2, 0) is 0 Å². The molecule has 0 saturated carbocycles. The fourth-order valence-corrected chi connectivity index (χ4v) is 1.79. The Bertz CT molecular complexity index is 586. The quantitative estimate of drug-likeness (QED) is 0.680. The lowest BCUT2D eigenvalue weighted by Crippen LogP contribution is -2.22. The molecule has 0 aliphatic heterocycles. The zero-order chi connectivity index (χ0) is 13.0. The molecule has 2 rings (SSSR count). The van der Waals surface area contributed by atoms with Gasteiger partial charge in [0.05, 0.1) is 0 Å². The molecule has 0 saturated heterocycles. The van der Waals surface area contributed by atoms with E-state index in [1.807, 2.05) is 25.1 Å². The number of furan rings is 1. The average Bonchev–Trinajstić information content (AvgIpc) is 2.77. The number of carbonyl (C=O) groups excluding carboxylic acids is 1. The second kappa shape index (κ2) is 5.74. The zero-order valence-electron chi connectivity index (χ0n) is 10.1. The van der Waals surface area contributed by atoms with E-state index in [1.54, 1.807) is 18.2 Å². The van der Waals surface area contributed by atoms with Gasteiger partial charge in [-0.1, -0.05) is 23.8 Å². The molecule has 4 heteroatoms. The van der Waals surface area contributed by atoms with E-state index in [1.165, 1.54) is 0 Å². The van der Waals surface area contributed by atoms with Crippen LogP contribution < -0.4 is 5.32 Å². The van der Waals surface area contributed by atoms with Gasteiger partial charge in [0, 0.05) is 17.8 Å². The normalized spacial score (nSPS) is 11.2. The molecule has 94 valence electrons. The molecule has 0 aliphatic carbocycles. The van der Waals surface area contributed by atoms with Gasteiger partial charge in [-0.25, -0.2) is 0 Å². The van der Waals surface area contributed by atoms with Crippen LogP contribution in [-0.4, -0.2) is 18.3 Å². The van der Waals surface area contributed by atoms with E-state index in [0.717, 1.165) is 16.5 Å². The molecule has 1 aromatic heterocycles. The Morgan fingerprint density at radius 2 is 2.22 bits per heavy atom. The Labute approximate surface area is 110 Å². The minimum Gasteiger partial charge on any atom is -0.451 e. The maximum absolute atomic E-state index is 11.8. The van der Waals surface area contributed by atoms with E-state index < -0.39 is 0 Å². The molecule has 0 unspecified atom stereocenters. The first-order valence-corrected chi connectivity index (χ1v) is 6.23. The first-order valence-electron chi connectivity index (χ1n) is 5.70. The van der Waals surface area contributed by atoms with Gasteiger partial charge in [0.15, 0.2) is 5.76 Å². The van der Waals surface area contributed by atoms with Crippen molar-refractivity contribution in [3.63, 3.8) is 0 Å². The van der Waals surface area contributed by atoms with Gasteiger partial charge in [0.1, 0.15) is 5.58 Å².